The maximum atomic E-state index is 9.91. The summed E-state index contributed by atoms with van der Waals surface area (Å²) in [5.74, 6) is 0. The Labute approximate surface area is 229 Å². The number of hydrogen-bond donors (Lipinski definition) is 2. The topological polar surface area (TPSA) is 57.6 Å². The van der Waals surface area contributed by atoms with Crippen molar-refractivity contribution in [2.45, 2.75) is 70.8 Å². The number of hydrogen-bond acceptors (Lipinski definition) is 5. The predicted molar refractivity (Wildman–Crippen MR) is 154 cm³/mol. The number of benzene rings is 1. The van der Waals surface area contributed by atoms with Crippen LogP contribution in [0.4, 0.5) is 0 Å². The van der Waals surface area contributed by atoms with Crippen molar-refractivity contribution in [1.82, 2.24) is 15.1 Å². The first kappa shape index (κ1) is 27.8. The molecule has 1 aliphatic carbocycles. The van der Waals surface area contributed by atoms with Crippen LogP contribution in [0.2, 0.25) is 11.8 Å². The van der Waals surface area contributed by atoms with Crippen LogP contribution in [0.15, 0.2) is 40.5 Å². The summed E-state index contributed by atoms with van der Waals surface area (Å²) in [4.78, 5) is 7.59. The van der Waals surface area contributed by atoms with E-state index in [0.717, 1.165) is 79.8 Å². The Morgan fingerprint density at radius 1 is 1.28 bits per heavy atom. The molecule has 4 rings (SSSR count). The highest BCUT2D eigenvalue weighted by Gasteiger charge is 2.31. The number of rotatable bonds is 9. The molecule has 0 saturated carbocycles. The SMILES string of the molecule is CCC(CN1CC/C(=C2\c3ccc(Cl)cc3CCc3cc(Br)cnc32)C[C@@H]1CCCOC)NB(C)O. The summed E-state index contributed by atoms with van der Waals surface area (Å²) in [6.07, 6.45) is 8.99. The van der Waals surface area contributed by atoms with Gasteiger partial charge in [0, 0.05) is 60.2 Å². The number of aromatic nitrogens is 1. The number of piperidine rings is 1. The zero-order chi connectivity index (χ0) is 25.7. The average Bonchev–Trinajstić information content (AvgIpc) is 3.00. The second kappa shape index (κ2) is 13.0. The summed E-state index contributed by atoms with van der Waals surface area (Å²) in [7, 11) is 1.28. The fraction of sp³-hybridized carbons (Fsp3) is 0.536. The molecular formula is C28H38BBrClN3O2. The molecule has 1 fully saturated rings. The van der Waals surface area contributed by atoms with Gasteiger partial charge >= 0.3 is 7.05 Å². The van der Waals surface area contributed by atoms with Gasteiger partial charge in [0.05, 0.1) is 5.69 Å². The van der Waals surface area contributed by atoms with Crippen molar-refractivity contribution in [3.05, 3.63) is 67.9 Å². The Bertz CT molecular complexity index is 1030. The molecule has 2 aromatic rings. The fourth-order valence-corrected chi connectivity index (χ4v) is 6.35. The molecule has 36 heavy (non-hydrogen) atoms. The molecule has 2 N–H and O–H groups in total. The zero-order valence-electron chi connectivity index (χ0n) is 21.7. The van der Waals surface area contributed by atoms with Gasteiger partial charge in [-0.15, -0.1) is 0 Å². The molecule has 194 valence electrons. The number of halogens is 2. The minimum absolute atomic E-state index is 0.268. The monoisotopic (exact) mass is 573 g/mol. The molecule has 0 spiro atoms. The lowest BCUT2D eigenvalue weighted by Gasteiger charge is -2.40. The number of methoxy groups -OCH3 is 1. The molecule has 1 unspecified atom stereocenters. The lowest BCUT2D eigenvalue weighted by atomic mass is 9.84. The van der Waals surface area contributed by atoms with Gasteiger partial charge in [0.25, 0.3) is 0 Å². The van der Waals surface area contributed by atoms with Gasteiger partial charge in [-0.1, -0.05) is 30.2 Å². The summed E-state index contributed by atoms with van der Waals surface area (Å²) in [5.41, 5.74) is 7.82. The van der Waals surface area contributed by atoms with E-state index in [1.165, 1.54) is 27.8 Å². The quantitative estimate of drug-likeness (QED) is 0.294. The van der Waals surface area contributed by atoms with Gasteiger partial charge in [-0.25, -0.2) is 0 Å². The number of pyridine rings is 1. The molecule has 2 heterocycles. The highest BCUT2D eigenvalue weighted by atomic mass is 79.9. The van der Waals surface area contributed by atoms with Crippen molar-refractivity contribution in [1.29, 1.82) is 0 Å². The van der Waals surface area contributed by atoms with E-state index in [2.05, 4.69) is 51.2 Å². The number of nitrogens with zero attached hydrogens (tertiary/aromatic N) is 2. The number of likely N-dealkylation sites (tertiary alicyclic amines) is 1. The smallest absolute Gasteiger partial charge is 0.373 e. The molecule has 1 aliphatic heterocycles. The van der Waals surface area contributed by atoms with Gasteiger partial charge in [-0.3, -0.25) is 9.88 Å². The third-order valence-electron chi connectivity index (χ3n) is 7.53. The molecule has 0 amide bonds. The molecule has 1 aromatic carbocycles. The average molecular weight is 575 g/mol. The number of nitrogens with one attached hydrogen (secondary N) is 1. The first-order valence-corrected chi connectivity index (χ1v) is 14.4. The Balaban J connectivity index is 1.72. The second-order valence-electron chi connectivity index (χ2n) is 10.1. The van der Waals surface area contributed by atoms with E-state index in [0.29, 0.717) is 6.04 Å². The minimum atomic E-state index is -0.499. The van der Waals surface area contributed by atoms with Crippen LogP contribution in [0.5, 0.6) is 0 Å². The Hall–Kier alpha value is -1.22. The van der Waals surface area contributed by atoms with Crippen LogP contribution >= 0.6 is 27.5 Å². The van der Waals surface area contributed by atoms with Crippen molar-refractivity contribution in [3.63, 3.8) is 0 Å². The second-order valence-corrected chi connectivity index (χ2v) is 11.5. The molecule has 0 bridgehead atoms. The normalized spacial score (nSPS) is 21.0. The Kier molecular flexibility index (Phi) is 10.1. The van der Waals surface area contributed by atoms with Crippen LogP contribution < -0.4 is 5.23 Å². The lowest BCUT2D eigenvalue weighted by Crippen LogP contribution is -2.51. The van der Waals surface area contributed by atoms with Gasteiger partial charge in [0.15, 0.2) is 0 Å². The molecule has 2 aliphatic rings. The van der Waals surface area contributed by atoms with Crippen molar-refractivity contribution >= 4 is 40.2 Å². The molecule has 8 heteroatoms. The summed E-state index contributed by atoms with van der Waals surface area (Å²) < 4.78 is 6.42. The van der Waals surface area contributed by atoms with Gasteiger partial charge in [-0.05, 0) is 103 Å². The van der Waals surface area contributed by atoms with E-state index < -0.39 is 7.05 Å². The summed E-state index contributed by atoms with van der Waals surface area (Å²) in [6.45, 7) is 6.71. The van der Waals surface area contributed by atoms with Crippen molar-refractivity contribution in [2.75, 3.05) is 26.8 Å². The Morgan fingerprint density at radius 2 is 2.08 bits per heavy atom. The van der Waals surface area contributed by atoms with Crippen LogP contribution in [-0.2, 0) is 17.6 Å². The zero-order valence-corrected chi connectivity index (χ0v) is 24.0. The summed E-state index contributed by atoms with van der Waals surface area (Å²) in [5, 5.41) is 14.0. The Morgan fingerprint density at radius 3 is 2.83 bits per heavy atom. The predicted octanol–water partition coefficient (Wildman–Crippen LogP) is 5.77. The molecular weight excluding hydrogens is 536 g/mol. The highest BCUT2D eigenvalue weighted by molar-refractivity contribution is 9.10. The van der Waals surface area contributed by atoms with Crippen molar-refractivity contribution in [2.24, 2.45) is 0 Å². The van der Waals surface area contributed by atoms with E-state index in [9.17, 15) is 5.02 Å². The van der Waals surface area contributed by atoms with Gasteiger partial charge in [-0.2, -0.15) is 0 Å². The van der Waals surface area contributed by atoms with E-state index in [4.69, 9.17) is 21.3 Å². The van der Waals surface area contributed by atoms with Gasteiger partial charge in [0.2, 0.25) is 0 Å². The minimum Gasteiger partial charge on any atom is -0.437 e. The van der Waals surface area contributed by atoms with Crippen molar-refractivity contribution in [3.8, 4) is 0 Å². The number of fused-ring (bicyclic) bond motifs is 2. The summed E-state index contributed by atoms with van der Waals surface area (Å²) in [6, 6.07) is 9.28. The fourth-order valence-electron chi connectivity index (χ4n) is 5.78. The van der Waals surface area contributed by atoms with E-state index in [1.807, 2.05) is 12.3 Å². The first-order chi connectivity index (χ1) is 17.4. The third kappa shape index (κ3) is 6.80. The molecule has 0 radical (unpaired) electrons. The maximum Gasteiger partial charge on any atom is 0.373 e. The number of aryl methyl sites for hydroxylation is 2. The highest BCUT2D eigenvalue weighted by Crippen LogP contribution is 2.40. The van der Waals surface area contributed by atoms with E-state index in [-0.39, 0.29) is 6.04 Å². The number of ether oxygens (including phenoxy) is 1. The lowest BCUT2D eigenvalue weighted by molar-refractivity contribution is 0.131. The van der Waals surface area contributed by atoms with Crippen LogP contribution in [0.25, 0.3) is 5.57 Å². The van der Waals surface area contributed by atoms with Gasteiger partial charge in [0.1, 0.15) is 0 Å². The van der Waals surface area contributed by atoms with E-state index >= 15 is 0 Å². The van der Waals surface area contributed by atoms with Crippen LogP contribution in [0, 0.1) is 0 Å². The van der Waals surface area contributed by atoms with E-state index in [1.54, 1.807) is 13.9 Å². The first-order valence-electron chi connectivity index (χ1n) is 13.2. The van der Waals surface area contributed by atoms with Crippen LogP contribution in [0.1, 0.15) is 61.4 Å². The van der Waals surface area contributed by atoms with Crippen LogP contribution in [0.3, 0.4) is 0 Å². The molecule has 1 saturated heterocycles. The van der Waals surface area contributed by atoms with Gasteiger partial charge < -0.3 is 15.0 Å². The molecule has 5 nitrogen and oxygen atoms in total. The molecule has 1 aromatic heterocycles. The van der Waals surface area contributed by atoms with Crippen molar-refractivity contribution < 1.29 is 9.76 Å². The maximum absolute atomic E-state index is 9.91. The standard InChI is InChI=1S/C28H38BBrClN3O2/c1-4-24(33-29(2)35)18-34-12-11-20(16-25(34)6-5-13-36-3)27-26-10-9-23(31)15-19(26)7-8-21-14-22(30)17-32-28(21)27/h9-10,14-15,17,24-25,33,35H,4-8,11-13,16,18H2,1-3H3/b27-20-/t24?,25-/m0/s1. The molecule has 2 atom stereocenters. The third-order valence-corrected chi connectivity index (χ3v) is 8.20. The summed E-state index contributed by atoms with van der Waals surface area (Å²) >= 11 is 10.1. The largest absolute Gasteiger partial charge is 0.437 e. The van der Waals surface area contributed by atoms with Crippen LogP contribution in [-0.4, -0.2) is 60.8 Å².